The maximum absolute atomic E-state index is 11.5. The first kappa shape index (κ1) is 14.5. The average molecular weight is 253 g/mol. The number of rotatable bonds is 7. The van der Waals surface area contributed by atoms with E-state index in [1.54, 1.807) is 14.0 Å². The molecule has 0 aliphatic carbocycles. The van der Waals surface area contributed by atoms with Crippen LogP contribution < -0.4 is 10.1 Å². The van der Waals surface area contributed by atoms with Gasteiger partial charge in [0, 0.05) is 6.54 Å². The molecule has 1 aromatic rings. The third-order valence-corrected chi connectivity index (χ3v) is 2.41. The molecule has 0 heterocycles. The smallest absolute Gasteiger partial charge is 0.248 e. The second-order valence-electron chi connectivity index (χ2n) is 3.82. The zero-order valence-corrected chi connectivity index (χ0v) is 10.7. The van der Waals surface area contributed by atoms with E-state index in [4.69, 9.17) is 14.6 Å². The lowest BCUT2D eigenvalue weighted by Gasteiger charge is -2.13. The fourth-order valence-corrected chi connectivity index (χ4v) is 1.38. The average Bonchev–Trinajstić information content (AvgIpc) is 2.42. The van der Waals surface area contributed by atoms with Crippen molar-refractivity contribution in [2.45, 2.75) is 19.6 Å². The van der Waals surface area contributed by atoms with E-state index in [0.29, 0.717) is 6.61 Å². The van der Waals surface area contributed by atoms with Gasteiger partial charge in [-0.05, 0) is 24.6 Å². The molecule has 0 aromatic heterocycles. The summed E-state index contributed by atoms with van der Waals surface area (Å²) in [7, 11) is 1.60. The minimum atomic E-state index is -0.553. The van der Waals surface area contributed by atoms with E-state index in [1.807, 2.05) is 24.3 Å². The van der Waals surface area contributed by atoms with E-state index < -0.39 is 6.10 Å². The lowest BCUT2D eigenvalue weighted by molar-refractivity contribution is -0.132. The maximum Gasteiger partial charge on any atom is 0.248 e. The molecule has 0 saturated carbocycles. The summed E-state index contributed by atoms with van der Waals surface area (Å²) >= 11 is 0. The normalized spacial score (nSPS) is 11.9. The fraction of sp³-hybridized carbons (Fsp3) is 0.462. The molecule has 0 radical (unpaired) electrons. The number of aliphatic hydroxyl groups is 1. The van der Waals surface area contributed by atoms with Crippen LogP contribution in [0, 0.1) is 0 Å². The molecule has 18 heavy (non-hydrogen) atoms. The van der Waals surface area contributed by atoms with E-state index in [1.165, 1.54) is 0 Å². The highest BCUT2D eigenvalue weighted by Crippen LogP contribution is 2.13. The van der Waals surface area contributed by atoms with Crippen molar-refractivity contribution in [1.29, 1.82) is 0 Å². The van der Waals surface area contributed by atoms with Crippen LogP contribution in [0.1, 0.15) is 12.5 Å². The molecular weight excluding hydrogens is 234 g/mol. The molecule has 2 N–H and O–H groups in total. The van der Waals surface area contributed by atoms with Gasteiger partial charge < -0.3 is 19.9 Å². The number of ether oxygens (including phenoxy) is 2. The van der Waals surface area contributed by atoms with Gasteiger partial charge in [0.15, 0.2) is 0 Å². The minimum absolute atomic E-state index is 0.0751. The quantitative estimate of drug-likeness (QED) is 0.751. The van der Waals surface area contributed by atoms with Crippen LogP contribution in [-0.4, -0.2) is 37.4 Å². The van der Waals surface area contributed by atoms with Gasteiger partial charge in [-0.25, -0.2) is 0 Å². The first-order chi connectivity index (χ1) is 8.67. The van der Waals surface area contributed by atoms with Crippen LogP contribution in [0.2, 0.25) is 0 Å². The second-order valence-corrected chi connectivity index (χ2v) is 3.82. The molecule has 100 valence electrons. The molecule has 0 fully saturated rings. The van der Waals surface area contributed by atoms with Crippen molar-refractivity contribution in [3.63, 3.8) is 0 Å². The van der Waals surface area contributed by atoms with Crippen LogP contribution in [0.3, 0.4) is 0 Å². The molecule has 1 atom stereocenters. The van der Waals surface area contributed by atoms with E-state index in [0.717, 1.165) is 11.3 Å². The first-order valence-electron chi connectivity index (χ1n) is 5.80. The Kier molecular flexibility index (Phi) is 6.18. The highest BCUT2D eigenvalue weighted by Gasteiger charge is 2.12. The Hall–Kier alpha value is -1.59. The molecule has 1 unspecified atom stereocenters. The fourth-order valence-electron chi connectivity index (χ4n) is 1.38. The van der Waals surface area contributed by atoms with Crippen LogP contribution in [0.4, 0.5) is 0 Å². The van der Waals surface area contributed by atoms with Crippen molar-refractivity contribution in [1.82, 2.24) is 5.32 Å². The van der Waals surface area contributed by atoms with Gasteiger partial charge in [-0.1, -0.05) is 12.1 Å². The van der Waals surface area contributed by atoms with Crippen molar-refractivity contribution in [3.8, 4) is 5.75 Å². The standard InChI is InChI=1S/C13H19NO4/c1-10(13(16)14-6-7-15)18-9-11-4-3-5-12(8-11)17-2/h3-5,8,10,15H,6-7,9H2,1-2H3,(H,14,16). The Morgan fingerprint density at radius 2 is 2.28 bits per heavy atom. The van der Waals surface area contributed by atoms with Crippen LogP contribution >= 0.6 is 0 Å². The zero-order valence-electron chi connectivity index (χ0n) is 10.7. The van der Waals surface area contributed by atoms with Crippen molar-refractivity contribution in [2.24, 2.45) is 0 Å². The largest absolute Gasteiger partial charge is 0.497 e. The molecule has 0 saturated heterocycles. The van der Waals surface area contributed by atoms with E-state index in [2.05, 4.69) is 5.32 Å². The lowest BCUT2D eigenvalue weighted by atomic mass is 10.2. The summed E-state index contributed by atoms with van der Waals surface area (Å²) in [5, 5.41) is 11.1. The van der Waals surface area contributed by atoms with Crippen LogP contribution in [0.25, 0.3) is 0 Å². The van der Waals surface area contributed by atoms with Gasteiger partial charge in [-0.2, -0.15) is 0 Å². The van der Waals surface area contributed by atoms with Crippen molar-refractivity contribution < 1.29 is 19.4 Å². The predicted molar refractivity (Wildman–Crippen MR) is 67.3 cm³/mol. The van der Waals surface area contributed by atoms with Gasteiger partial charge in [0.2, 0.25) is 5.91 Å². The molecule has 5 heteroatoms. The van der Waals surface area contributed by atoms with Crippen LogP contribution in [-0.2, 0) is 16.1 Å². The molecule has 0 aliphatic rings. The third kappa shape index (κ3) is 4.73. The van der Waals surface area contributed by atoms with Gasteiger partial charge in [0.05, 0.1) is 20.3 Å². The Balaban J connectivity index is 2.41. The second kappa shape index (κ2) is 7.68. The Labute approximate surface area is 107 Å². The van der Waals surface area contributed by atoms with Gasteiger partial charge >= 0.3 is 0 Å². The monoisotopic (exact) mass is 253 g/mol. The molecular formula is C13H19NO4. The van der Waals surface area contributed by atoms with Crippen LogP contribution in [0.5, 0.6) is 5.75 Å². The molecule has 1 aromatic carbocycles. The highest BCUT2D eigenvalue weighted by atomic mass is 16.5. The lowest BCUT2D eigenvalue weighted by Crippen LogP contribution is -2.36. The van der Waals surface area contributed by atoms with E-state index in [-0.39, 0.29) is 19.1 Å². The topological polar surface area (TPSA) is 67.8 Å². The summed E-state index contributed by atoms with van der Waals surface area (Å²) in [6.07, 6.45) is -0.553. The molecule has 0 bridgehead atoms. The molecule has 1 amide bonds. The van der Waals surface area contributed by atoms with E-state index in [9.17, 15) is 4.79 Å². The summed E-state index contributed by atoms with van der Waals surface area (Å²) in [6.45, 7) is 2.18. The molecule has 0 spiro atoms. The Bertz CT molecular complexity index is 381. The summed E-state index contributed by atoms with van der Waals surface area (Å²) in [4.78, 5) is 11.5. The number of benzene rings is 1. The van der Waals surface area contributed by atoms with Crippen molar-refractivity contribution >= 4 is 5.91 Å². The molecule has 0 aliphatic heterocycles. The third-order valence-electron chi connectivity index (χ3n) is 2.41. The summed E-state index contributed by atoms with van der Waals surface area (Å²) in [5.41, 5.74) is 0.941. The Morgan fingerprint density at radius 1 is 1.50 bits per heavy atom. The first-order valence-corrected chi connectivity index (χ1v) is 5.80. The summed E-state index contributed by atoms with van der Waals surface area (Å²) in [5.74, 6) is 0.528. The predicted octanol–water partition coefficient (Wildman–Crippen LogP) is 0.709. The van der Waals surface area contributed by atoms with Crippen LogP contribution in [0.15, 0.2) is 24.3 Å². The van der Waals surface area contributed by atoms with E-state index >= 15 is 0 Å². The molecule has 1 rings (SSSR count). The van der Waals surface area contributed by atoms with Gasteiger partial charge in [-0.15, -0.1) is 0 Å². The minimum Gasteiger partial charge on any atom is -0.497 e. The number of methoxy groups -OCH3 is 1. The Morgan fingerprint density at radius 3 is 2.94 bits per heavy atom. The van der Waals surface area contributed by atoms with Gasteiger partial charge in [0.1, 0.15) is 11.9 Å². The number of carbonyl (C=O) groups is 1. The van der Waals surface area contributed by atoms with Crippen molar-refractivity contribution in [2.75, 3.05) is 20.3 Å². The van der Waals surface area contributed by atoms with Gasteiger partial charge in [0.25, 0.3) is 0 Å². The summed E-state index contributed by atoms with van der Waals surface area (Å²) < 4.78 is 10.5. The number of carbonyl (C=O) groups excluding carboxylic acids is 1. The number of hydrogen-bond donors (Lipinski definition) is 2. The number of nitrogens with one attached hydrogen (secondary N) is 1. The van der Waals surface area contributed by atoms with Crippen molar-refractivity contribution in [3.05, 3.63) is 29.8 Å². The van der Waals surface area contributed by atoms with Gasteiger partial charge in [-0.3, -0.25) is 4.79 Å². The molecule has 5 nitrogen and oxygen atoms in total. The summed E-state index contributed by atoms with van der Waals surface area (Å²) in [6, 6.07) is 7.48. The highest BCUT2D eigenvalue weighted by molar-refractivity contribution is 5.80. The number of hydrogen-bond acceptors (Lipinski definition) is 4. The number of aliphatic hydroxyl groups excluding tert-OH is 1. The SMILES string of the molecule is COc1cccc(COC(C)C(=O)NCCO)c1. The zero-order chi connectivity index (χ0) is 13.4. The number of amides is 1. The maximum atomic E-state index is 11.5.